The summed E-state index contributed by atoms with van der Waals surface area (Å²) in [6.07, 6.45) is 46.6. The summed E-state index contributed by atoms with van der Waals surface area (Å²) in [7, 11) is 0. The van der Waals surface area contributed by atoms with Gasteiger partial charge in [0.05, 0.1) is 32.0 Å². The van der Waals surface area contributed by atoms with Crippen LogP contribution in [0.5, 0.6) is 0 Å². The summed E-state index contributed by atoms with van der Waals surface area (Å²) in [6.45, 7) is 37.8. The topological polar surface area (TPSA) is 58.9 Å². The molecule has 2 aromatic carbocycles. The van der Waals surface area contributed by atoms with Crippen molar-refractivity contribution in [3.05, 3.63) is 68.8 Å². The molecule has 0 saturated heterocycles. The van der Waals surface area contributed by atoms with Crippen LogP contribution in [-0.4, -0.2) is 42.2 Å². The molecule has 0 unspecified atom stereocenters. The van der Waals surface area contributed by atoms with E-state index in [-0.39, 0.29) is 28.3 Å². The van der Waals surface area contributed by atoms with Gasteiger partial charge in [-0.05, 0) is 91.9 Å². The second-order valence-electron chi connectivity index (χ2n) is 29.1. The largest absolute Gasteiger partial charge is 0.387 e. The van der Waals surface area contributed by atoms with Gasteiger partial charge in [-0.15, -0.1) is 0 Å². The molecule has 4 heteroatoms. The van der Waals surface area contributed by atoms with Crippen LogP contribution in [0.2, 0.25) is 0 Å². The Labute approximate surface area is 487 Å². The van der Waals surface area contributed by atoms with E-state index >= 15 is 0 Å². The van der Waals surface area contributed by atoms with Gasteiger partial charge < -0.3 is 19.7 Å². The number of aryl methyl sites for hydroxylation is 2. The fourth-order valence-corrected chi connectivity index (χ4v) is 12.2. The Morgan fingerprint density at radius 2 is 0.526 bits per heavy atom. The van der Waals surface area contributed by atoms with Crippen LogP contribution in [-0.2, 0) is 49.6 Å². The Kier molecular flexibility index (Phi) is 35.4. The lowest BCUT2D eigenvalue weighted by Gasteiger charge is -2.44. The predicted molar refractivity (Wildman–Crippen MR) is 344 cm³/mol. The third-order valence-corrected chi connectivity index (χ3v) is 17.3. The molecule has 0 spiro atoms. The molecule has 0 radical (unpaired) electrons. The first-order chi connectivity index (χ1) is 36.9. The summed E-state index contributed by atoms with van der Waals surface area (Å²) in [4.78, 5) is 0. The van der Waals surface area contributed by atoms with Gasteiger partial charge in [-0.1, -0.05) is 341 Å². The van der Waals surface area contributed by atoms with E-state index in [1.807, 2.05) is 0 Å². The molecule has 0 bridgehead atoms. The van der Waals surface area contributed by atoms with Crippen molar-refractivity contribution in [3.8, 4) is 0 Å². The molecule has 0 saturated carbocycles. The first-order valence-electron chi connectivity index (χ1n) is 33.9. The fraction of sp³-hybridized carbons (Fsp3) is 0.838. The molecule has 78 heavy (non-hydrogen) atoms. The van der Waals surface area contributed by atoms with Crippen molar-refractivity contribution in [1.29, 1.82) is 0 Å². The third-order valence-electron chi connectivity index (χ3n) is 17.3. The number of aliphatic hydroxyl groups is 2. The van der Waals surface area contributed by atoms with Gasteiger partial charge in [0.2, 0.25) is 0 Å². The smallest absolute Gasteiger partial charge is 0.139 e. The average molecular weight is 1090 g/mol. The highest BCUT2D eigenvalue weighted by Crippen LogP contribution is 2.49. The Morgan fingerprint density at radius 3 is 0.744 bits per heavy atom. The second-order valence-corrected chi connectivity index (χ2v) is 29.1. The number of hydrogen-bond donors (Lipinski definition) is 2. The summed E-state index contributed by atoms with van der Waals surface area (Å²) in [5.74, 6) is 0. The molecular weight excluding hydrogens is 953 g/mol. The van der Waals surface area contributed by atoms with Crippen molar-refractivity contribution in [2.24, 2.45) is 0 Å². The molecule has 0 atom stereocenters. The van der Waals surface area contributed by atoms with Gasteiger partial charge >= 0.3 is 0 Å². The molecule has 4 nitrogen and oxygen atoms in total. The fourth-order valence-electron chi connectivity index (χ4n) is 12.2. The molecule has 0 aliphatic heterocycles. The van der Waals surface area contributed by atoms with Crippen molar-refractivity contribution < 1.29 is 19.7 Å². The van der Waals surface area contributed by atoms with Crippen LogP contribution in [0.25, 0.3) is 0 Å². The minimum Gasteiger partial charge on any atom is -0.387 e. The number of unbranched alkanes of at least 4 members (excludes halogenated alkanes) is 30. The second kappa shape index (κ2) is 38.2. The lowest BCUT2D eigenvalue weighted by Crippen LogP contribution is -2.43. The highest BCUT2D eigenvalue weighted by molar-refractivity contribution is 5.59. The summed E-state index contributed by atoms with van der Waals surface area (Å²) in [6, 6.07) is 9.47. The van der Waals surface area contributed by atoms with E-state index in [0.717, 1.165) is 49.7 Å². The molecule has 0 aliphatic rings. The molecular formula is C74H134O4. The number of ether oxygens (including phenoxy) is 2. The first kappa shape index (κ1) is 72.4. The minimum absolute atomic E-state index is 0.105. The molecule has 0 amide bonds. The zero-order valence-electron chi connectivity index (χ0n) is 55.3. The molecule has 0 aliphatic carbocycles. The molecule has 0 heterocycles. The van der Waals surface area contributed by atoms with Crippen LogP contribution in [0, 0.1) is 0 Å². The van der Waals surface area contributed by atoms with Gasteiger partial charge in [-0.25, -0.2) is 0 Å². The van der Waals surface area contributed by atoms with E-state index in [1.165, 1.54) is 226 Å². The summed E-state index contributed by atoms with van der Waals surface area (Å²) in [5, 5.41) is 26.6. The molecule has 2 rings (SSSR count). The number of hydrogen-bond acceptors (Lipinski definition) is 4. The maximum absolute atomic E-state index is 14.3. The van der Waals surface area contributed by atoms with Crippen molar-refractivity contribution >= 4 is 0 Å². The monoisotopic (exact) mass is 1090 g/mol. The van der Waals surface area contributed by atoms with Crippen molar-refractivity contribution in [2.45, 2.75) is 375 Å². The SMILES string of the molecule is CCCCCCCCCCCCCCCCCCC(O)(CCCCCCCCCCCCCCCCCC)COCCOCC(O)(c1c(C(C)(C)C)cc(CC)cc1C(C)(C)C)c1c(C(C)(C)C)cc(CC)cc1C(C)(C)C. The van der Waals surface area contributed by atoms with Crippen LogP contribution >= 0.6 is 0 Å². The van der Waals surface area contributed by atoms with Crippen molar-refractivity contribution in [2.75, 3.05) is 26.4 Å². The Morgan fingerprint density at radius 1 is 0.308 bits per heavy atom. The number of benzene rings is 2. The molecule has 0 fully saturated rings. The Bertz CT molecular complexity index is 1640. The van der Waals surface area contributed by atoms with Crippen LogP contribution < -0.4 is 0 Å². The quantitative estimate of drug-likeness (QED) is 0.0649. The molecule has 0 aromatic heterocycles. The van der Waals surface area contributed by atoms with E-state index in [1.54, 1.807) is 0 Å². The van der Waals surface area contributed by atoms with Gasteiger partial charge in [-0.2, -0.15) is 0 Å². The van der Waals surface area contributed by atoms with Gasteiger partial charge in [0.15, 0.2) is 0 Å². The molecule has 2 N–H and O–H groups in total. The standard InChI is InChI=1S/C74H134O4/c1-17-21-23-25-27-29-31-33-35-37-39-41-43-45-47-49-51-73(75,52-50-48-46-44-42-40-38-36-34-32-30-28-26-24-22-18-2)59-77-53-54-78-60-74(76,67-63(69(5,6)7)55-61(19-3)56-64(67)70(8,9)10)68-65(71(11,12)13)57-62(20-4)58-66(68)72(14,15)16/h55-58,75-76H,17-54,59-60H2,1-16H3. The lowest BCUT2D eigenvalue weighted by atomic mass is 9.64. The zero-order chi connectivity index (χ0) is 58.1. The summed E-state index contributed by atoms with van der Waals surface area (Å²) >= 11 is 0. The molecule has 454 valence electrons. The van der Waals surface area contributed by atoms with E-state index in [2.05, 4.69) is 135 Å². The average Bonchev–Trinajstić information content (AvgIpc) is 3.55. The lowest BCUT2D eigenvalue weighted by molar-refractivity contribution is -0.0812. The maximum Gasteiger partial charge on any atom is 0.139 e. The predicted octanol–water partition coefficient (Wildman–Crippen LogP) is 22.3. The highest BCUT2D eigenvalue weighted by Gasteiger charge is 2.46. The Hall–Kier alpha value is -1.72. The van der Waals surface area contributed by atoms with E-state index in [4.69, 9.17) is 9.47 Å². The van der Waals surface area contributed by atoms with Gasteiger partial charge in [0.25, 0.3) is 0 Å². The van der Waals surface area contributed by atoms with Crippen molar-refractivity contribution in [3.63, 3.8) is 0 Å². The highest BCUT2D eigenvalue weighted by atomic mass is 16.5. The van der Waals surface area contributed by atoms with E-state index < -0.39 is 11.2 Å². The van der Waals surface area contributed by atoms with Gasteiger partial charge in [-0.3, -0.25) is 0 Å². The molecule has 2 aromatic rings. The first-order valence-corrected chi connectivity index (χ1v) is 33.9. The van der Waals surface area contributed by atoms with Crippen LogP contribution in [0.15, 0.2) is 24.3 Å². The van der Waals surface area contributed by atoms with E-state index in [0.29, 0.717) is 19.8 Å². The van der Waals surface area contributed by atoms with Crippen LogP contribution in [0.1, 0.15) is 374 Å². The minimum atomic E-state index is -1.46. The number of rotatable bonds is 45. The van der Waals surface area contributed by atoms with Crippen LogP contribution in [0.4, 0.5) is 0 Å². The Balaban J connectivity index is 2.22. The van der Waals surface area contributed by atoms with Crippen LogP contribution in [0.3, 0.4) is 0 Å². The summed E-state index contributed by atoms with van der Waals surface area (Å²) < 4.78 is 13.3. The normalized spacial score (nSPS) is 13.1. The summed E-state index contributed by atoms with van der Waals surface area (Å²) in [5.41, 5.74) is 6.05. The van der Waals surface area contributed by atoms with Gasteiger partial charge in [0, 0.05) is 0 Å². The van der Waals surface area contributed by atoms with E-state index in [9.17, 15) is 10.2 Å². The maximum atomic E-state index is 14.3. The zero-order valence-corrected chi connectivity index (χ0v) is 55.3. The van der Waals surface area contributed by atoms with Crippen molar-refractivity contribution in [1.82, 2.24) is 0 Å². The van der Waals surface area contributed by atoms with Gasteiger partial charge in [0.1, 0.15) is 5.60 Å². The third kappa shape index (κ3) is 28.0.